The van der Waals surface area contributed by atoms with Crippen LogP contribution in [0.4, 0.5) is 0 Å². The van der Waals surface area contributed by atoms with E-state index in [4.69, 9.17) is 4.74 Å². The van der Waals surface area contributed by atoms with Crippen molar-refractivity contribution < 1.29 is 24.9 Å². The second-order valence-electron chi connectivity index (χ2n) is 6.25. The molecule has 0 aliphatic carbocycles. The molecule has 25 heavy (non-hydrogen) atoms. The SMILES string of the molecule is C=CCC[C@H](CCCCC)OC(=O)/C=C/[C@@H](O)[C@H](O)C[C@H](O)CC=C. The number of hydrogen-bond acceptors (Lipinski definition) is 5. The minimum Gasteiger partial charge on any atom is -0.459 e. The van der Waals surface area contributed by atoms with Gasteiger partial charge in [0, 0.05) is 12.5 Å². The number of carbonyl (C=O) groups is 1. The van der Waals surface area contributed by atoms with E-state index in [-0.39, 0.29) is 12.5 Å². The fraction of sp³-hybridized carbons (Fsp3) is 0.650. The Balaban J connectivity index is 4.41. The summed E-state index contributed by atoms with van der Waals surface area (Å²) in [7, 11) is 0. The van der Waals surface area contributed by atoms with Crippen LogP contribution in [0, 0.1) is 0 Å². The van der Waals surface area contributed by atoms with Crippen molar-refractivity contribution in [3.63, 3.8) is 0 Å². The summed E-state index contributed by atoms with van der Waals surface area (Å²) in [5.74, 6) is -0.538. The first kappa shape index (κ1) is 23.6. The first-order valence-electron chi connectivity index (χ1n) is 9.09. The molecule has 0 aromatic carbocycles. The Morgan fingerprint density at radius 2 is 1.84 bits per heavy atom. The Labute approximate surface area is 151 Å². The van der Waals surface area contributed by atoms with Crippen LogP contribution in [0.2, 0.25) is 0 Å². The maximum absolute atomic E-state index is 11.9. The van der Waals surface area contributed by atoms with Crippen molar-refractivity contribution in [2.24, 2.45) is 0 Å². The van der Waals surface area contributed by atoms with Crippen LogP contribution in [-0.2, 0) is 9.53 Å². The maximum atomic E-state index is 11.9. The lowest BCUT2D eigenvalue weighted by atomic mass is 10.0. The number of allylic oxidation sites excluding steroid dienone is 1. The van der Waals surface area contributed by atoms with Crippen LogP contribution < -0.4 is 0 Å². The van der Waals surface area contributed by atoms with Gasteiger partial charge in [0.2, 0.25) is 0 Å². The molecular weight excluding hydrogens is 320 g/mol. The molecule has 0 bridgehead atoms. The molecule has 0 saturated heterocycles. The first-order valence-corrected chi connectivity index (χ1v) is 9.09. The molecular formula is C20H34O5. The third kappa shape index (κ3) is 12.6. The topological polar surface area (TPSA) is 87.0 Å². The number of esters is 1. The molecule has 3 N–H and O–H groups in total. The quantitative estimate of drug-likeness (QED) is 0.182. The van der Waals surface area contributed by atoms with Gasteiger partial charge in [-0.2, -0.15) is 0 Å². The number of ether oxygens (including phenoxy) is 1. The van der Waals surface area contributed by atoms with E-state index in [1.165, 1.54) is 6.08 Å². The minimum atomic E-state index is -1.24. The predicted molar refractivity (Wildman–Crippen MR) is 100 cm³/mol. The zero-order valence-electron chi connectivity index (χ0n) is 15.3. The molecule has 0 radical (unpaired) electrons. The summed E-state index contributed by atoms with van der Waals surface area (Å²) in [6, 6.07) is 0. The fourth-order valence-electron chi connectivity index (χ4n) is 2.40. The van der Waals surface area contributed by atoms with Gasteiger partial charge in [-0.25, -0.2) is 4.79 Å². The zero-order valence-corrected chi connectivity index (χ0v) is 15.3. The molecule has 0 spiro atoms. The molecule has 0 fully saturated rings. The summed E-state index contributed by atoms with van der Waals surface area (Å²) in [5, 5.41) is 29.2. The van der Waals surface area contributed by atoms with Crippen LogP contribution in [-0.4, -0.2) is 45.7 Å². The van der Waals surface area contributed by atoms with E-state index in [2.05, 4.69) is 20.1 Å². The summed E-state index contributed by atoms with van der Waals surface area (Å²) >= 11 is 0. The van der Waals surface area contributed by atoms with Gasteiger partial charge in [0.1, 0.15) is 6.10 Å². The summed E-state index contributed by atoms with van der Waals surface area (Å²) in [4.78, 5) is 11.9. The van der Waals surface area contributed by atoms with Crippen LogP contribution in [0.15, 0.2) is 37.5 Å². The highest BCUT2D eigenvalue weighted by Gasteiger charge is 2.18. The van der Waals surface area contributed by atoms with Crippen LogP contribution in [0.1, 0.15) is 58.3 Å². The third-order valence-corrected chi connectivity index (χ3v) is 3.88. The molecule has 0 aliphatic heterocycles. The van der Waals surface area contributed by atoms with Crippen molar-refractivity contribution in [3.8, 4) is 0 Å². The number of unbranched alkanes of at least 4 members (excludes halogenated alkanes) is 2. The lowest BCUT2D eigenvalue weighted by Crippen LogP contribution is -2.28. The Bertz CT molecular complexity index is 405. The standard InChI is InChI=1S/C20H34O5/c1-4-7-9-12-17(11-8-5-2)25-20(24)14-13-18(22)19(23)15-16(21)10-6-3/h5-6,13-14,16-19,21-23H,2-4,7-12,15H2,1H3/b14-13+/t16-,17-,18-,19-/m1/s1. The maximum Gasteiger partial charge on any atom is 0.330 e. The monoisotopic (exact) mass is 354 g/mol. The van der Waals surface area contributed by atoms with Crippen molar-refractivity contribution in [1.82, 2.24) is 0 Å². The average Bonchev–Trinajstić information content (AvgIpc) is 2.57. The van der Waals surface area contributed by atoms with Crippen LogP contribution in [0.3, 0.4) is 0 Å². The summed E-state index contributed by atoms with van der Waals surface area (Å²) < 4.78 is 5.42. The van der Waals surface area contributed by atoms with Crippen molar-refractivity contribution in [2.75, 3.05) is 0 Å². The Hall–Kier alpha value is -1.43. The van der Waals surface area contributed by atoms with Crippen molar-refractivity contribution >= 4 is 5.97 Å². The predicted octanol–water partition coefficient (Wildman–Crippen LogP) is 3.05. The molecule has 0 rings (SSSR count). The minimum absolute atomic E-state index is 0.00551. The lowest BCUT2D eigenvalue weighted by molar-refractivity contribution is -0.143. The molecule has 0 saturated carbocycles. The van der Waals surface area contributed by atoms with Crippen molar-refractivity contribution in [1.29, 1.82) is 0 Å². The third-order valence-electron chi connectivity index (χ3n) is 3.88. The molecule has 0 aromatic heterocycles. The van der Waals surface area contributed by atoms with Gasteiger partial charge in [0.15, 0.2) is 0 Å². The summed E-state index contributed by atoms with van der Waals surface area (Å²) in [6.07, 6.45) is 8.17. The van der Waals surface area contributed by atoms with E-state index >= 15 is 0 Å². The molecule has 144 valence electrons. The van der Waals surface area contributed by atoms with E-state index in [0.29, 0.717) is 6.42 Å². The summed E-state index contributed by atoms with van der Waals surface area (Å²) in [6.45, 7) is 9.30. The average molecular weight is 354 g/mol. The van der Waals surface area contributed by atoms with Crippen LogP contribution >= 0.6 is 0 Å². The molecule has 0 unspecified atom stereocenters. The molecule has 0 aliphatic rings. The lowest BCUT2D eigenvalue weighted by Gasteiger charge is -2.18. The number of aliphatic hydroxyl groups is 3. The molecule has 0 aromatic rings. The number of aliphatic hydroxyl groups excluding tert-OH is 3. The second-order valence-corrected chi connectivity index (χ2v) is 6.25. The Kier molecular flexibility index (Phi) is 14.0. The van der Waals surface area contributed by atoms with Gasteiger partial charge in [-0.3, -0.25) is 0 Å². The van der Waals surface area contributed by atoms with Gasteiger partial charge in [-0.1, -0.05) is 31.9 Å². The molecule has 5 nitrogen and oxygen atoms in total. The molecule has 4 atom stereocenters. The molecule has 0 amide bonds. The smallest absolute Gasteiger partial charge is 0.330 e. The highest BCUT2D eigenvalue weighted by Crippen LogP contribution is 2.13. The van der Waals surface area contributed by atoms with Gasteiger partial charge in [0.05, 0.1) is 18.3 Å². The highest BCUT2D eigenvalue weighted by atomic mass is 16.5. The van der Waals surface area contributed by atoms with E-state index in [1.807, 2.05) is 0 Å². The van der Waals surface area contributed by atoms with E-state index in [1.54, 1.807) is 12.2 Å². The number of hydrogen-bond donors (Lipinski definition) is 3. The number of rotatable bonds is 15. The summed E-state index contributed by atoms with van der Waals surface area (Å²) in [5.41, 5.74) is 0. The van der Waals surface area contributed by atoms with Crippen molar-refractivity contribution in [3.05, 3.63) is 37.5 Å². The van der Waals surface area contributed by atoms with Crippen LogP contribution in [0.25, 0.3) is 0 Å². The highest BCUT2D eigenvalue weighted by molar-refractivity contribution is 5.82. The van der Waals surface area contributed by atoms with Crippen LogP contribution in [0.5, 0.6) is 0 Å². The Morgan fingerprint density at radius 1 is 1.12 bits per heavy atom. The van der Waals surface area contributed by atoms with Gasteiger partial charge in [-0.05, 0) is 38.2 Å². The van der Waals surface area contributed by atoms with Gasteiger partial charge < -0.3 is 20.1 Å². The van der Waals surface area contributed by atoms with E-state index in [9.17, 15) is 20.1 Å². The normalized spacial score (nSPS) is 16.2. The molecule has 0 heterocycles. The van der Waals surface area contributed by atoms with Crippen molar-refractivity contribution in [2.45, 2.75) is 82.7 Å². The first-order chi connectivity index (χ1) is 11.9. The van der Waals surface area contributed by atoms with E-state index < -0.39 is 24.3 Å². The number of carbonyl (C=O) groups excluding carboxylic acids is 1. The van der Waals surface area contributed by atoms with Gasteiger partial charge in [0.25, 0.3) is 0 Å². The second kappa shape index (κ2) is 14.9. The Morgan fingerprint density at radius 3 is 2.44 bits per heavy atom. The zero-order chi connectivity index (χ0) is 19.1. The molecule has 5 heteroatoms. The van der Waals surface area contributed by atoms with Gasteiger partial charge in [-0.15, -0.1) is 13.2 Å². The van der Waals surface area contributed by atoms with E-state index in [0.717, 1.165) is 44.6 Å². The fourth-order valence-corrected chi connectivity index (χ4v) is 2.40. The van der Waals surface area contributed by atoms with Gasteiger partial charge >= 0.3 is 5.97 Å². The largest absolute Gasteiger partial charge is 0.459 e.